The van der Waals surface area contributed by atoms with Gasteiger partial charge in [0.25, 0.3) is 0 Å². The van der Waals surface area contributed by atoms with Gasteiger partial charge in [0.05, 0.1) is 4.90 Å². The van der Waals surface area contributed by atoms with Gasteiger partial charge < -0.3 is 0 Å². The molecular formula is C21H14BrIO3S. The van der Waals surface area contributed by atoms with Crippen molar-refractivity contribution in [2.24, 2.45) is 0 Å². The van der Waals surface area contributed by atoms with Gasteiger partial charge in [-0.05, 0) is 52.4 Å². The fourth-order valence-electron chi connectivity index (χ4n) is 2.51. The van der Waals surface area contributed by atoms with Crippen LogP contribution < -0.4 is 0 Å². The van der Waals surface area contributed by atoms with E-state index in [-0.39, 0.29) is 9.80 Å². The Labute approximate surface area is 180 Å². The Morgan fingerprint density at radius 2 is 1.22 bits per heavy atom. The van der Waals surface area contributed by atoms with E-state index in [4.69, 9.17) is 0 Å². The minimum atomic E-state index is -4.01. The zero-order valence-electron chi connectivity index (χ0n) is 14.0. The van der Waals surface area contributed by atoms with Crippen molar-refractivity contribution in [3.05, 3.63) is 105 Å². The SMILES string of the molecule is O=C(/C(=C(\I)c1ccccc1)S(=O)(=O)c1ccc(Br)cc1)c1ccccc1. The second-order valence-electron chi connectivity index (χ2n) is 5.66. The van der Waals surface area contributed by atoms with Crippen molar-refractivity contribution < 1.29 is 13.2 Å². The summed E-state index contributed by atoms with van der Waals surface area (Å²) in [5, 5.41) is 0. The first-order valence-electron chi connectivity index (χ1n) is 7.97. The molecule has 0 saturated carbocycles. The molecule has 0 spiro atoms. The van der Waals surface area contributed by atoms with Gasteiger partial charge in [0.15, 0.2) is 0 Å². The predicted octanol–water partition coefficient (Wildman–Crippen LogP) is 5.91. The Hall–Kier alpha value is -1.77. The molecule has 0 aliphatic rings. The van der Waals surface area contributed by atoms with E-state index in [2.05, 4.69) is 15.9 Å². The van der Waals surface area contributed by atoms with E-state index in [0.717, 1.165) is 4.47 Å². The lowest BCUT2D eigenvalue weighted by atomic mass is 10.1. The van der Waals surface area contributed by atoms with Gasteiger partial charge in [-0.25, -0.2) is 8.42 Å². The molecule has 6 heteroatoms. The standard InChI is InChI=1S/C21H14BrIO3S/c22-17-11-13-18(14-12-17)27(25,26)21(19(23)15-7-3-1-4-8-15)20(24)16-9-5-2-6-10-16/h1-14H/b21-19+. The molecule has 136 valence electrons. The summed E-state index contributed by atoms with van der Waals surface area (Å²) in [6, 6.07) is 23.8. The molecule has 3 rings (SSSR count). The van der Waals surface area contributed by atoms with Gasteiger partial charge in [-0.15, -0.1) is 0 Å². The Kier molecular flexibility index (Phi) is 6.29. The van der Waals surface area contributed by atoms with Crippen LogP contribution in [0.15, 0.2) is 99.2 Å². The van der Waals surface area contributed by atoms with E-state index in [1.807, 2.05) is 40.8 Å². The smallest absolute Gasteiger partial charge is 0.211 e. The van der Waals surface area contributed by atoms with Crippen molar-refractivity contribution in [3.63, 3.8) is 0 Å². The van der Waals surface area contributed by atoms with Gasteiger partial charge in [0.2, 0.25) is 15.6 Å². The number of sulfone groups is 1. The molecule has 0 radical (unpaired) electrons. The predicted molar refractivity (Wildman–Crippen MR) is 119 cm³/mol. The van der Waals surface area contributed by atoms with Crippen molar-refractivity contribution in [1.82, 2.24) is 0 Å². The van der Waals surface area contributed by atoms with E-state index in [1.165, 1.54) is 12.1 Å². The number of carbonyl (C=O) groups is 1. The van der Waals surface area contributed by atoms with Gasteiger partial charge in [0, 0.05) is 13.6 Å². The highest BCUT2D eigenvalue weighted by Crippen LogP contribution is 2.34. The molecular weight excluding hydrogens is 539 g/mol. The second kappa shape index (κ2) is 8.50. The van der Waals surface area contributed by atoms with E-state index in [1.54, 1.807) is 54.6 Å². The molecule has 27 heavy (non-hydrogen) atoms. The fraction of sp³-hybridized carbons (Fsp3) is 0. The monoisotopic (exact) mass is 552 g/mol. The Morgan fingerprint density at radius 1 is 0.741 bits per heavy atom. The number of halogens is 2. The minimum Gasteiger partial charge on any atom is -0.288 e. The van der Waals surface area contributed by atoms with Crippen LogP contribution in [0.4, 0.5) is 0 Å². The number of benzene rings is 3. The highest BCUT2D eigenvalue weighted by atomic mass is 127. The Bertz CT molecular complexity index is 1090. The van der Waals surface area contributed by atoms with Crippen molar-refractivity contribution in [1.29, 1.82) is 0 Å². The maximum absolute atomic E-state index is 13.4. The molecule has 3 aromatic carbocycles. The van der Waals surface area contributed by atoms with Crippen LogP contribution in [-0.4, -0.2) is 14.2 Å². The summed E-state index contributed by atoms with van der Waals surface area (Å²) in [6.45, 7) is 0. The van der Waals surface area contributed by atoms with Crippen LogP contribution in [0.25, 0.3) is 3.58 Å². The van der Waals surface area contributed by atoms with E-state index in [0.29, 0.717) is 14.7 Å². The molecule has 0 unspecified atom stereocenters. The second-order valence-corrected chi connectivity index (χ2v) is 9.54. The minimum absolute atomic E-state index is 0.0788. The van der Waals surface area contributed by atoms with E-state index >= 15 is 0 Å². The molecule has 0 fully saturated rings. The van der Waals surface area contributed by atoms with Crippen molar-refractivity contribution in [2.45, 2.75) is 4.90 Å². The van der Waals surface area contributed by atoms with Gasteiger partial charge in [-0.2, -0.15) is 0 Å². The third-order valence-corrected chi connectivity index (χ3v) is 7.74. The summed E-state index contributed by atoms with van der Waals surface area (Å²) < 4.78 is 27.9. The lowest BCUT2D eigenvalue weighted by Crippen LogP contribution is -2.15. The molecule has 0 bridgehead atoms. The highest BCUT2D eigenvalue weighted by Gasteiger charge is 2.31. The van der Waals surface area contributed by atoms with Crippen LogP contribution in [0.1, 0.15) is 15.9 Å². The van der Waals surface area contributed by atoms with Crippen molar-refractivity contribution >= 4 is 57.7 Å². The third-order valence-electron chi connectivity index (χ3n) is 3.86. The highest BCUT2D eigenvalue weighted by molar-refractivity contribution is 14.1. The maximum atomic E-state index is 13.4. The summed E-state index contributed by atoms with van der Waals surface area (Å²) in [5.74, 6) is -0.522. The summed E-state index contributed by atoms with van der Waals surface area (Å²) in [5.41, 5.74) is 1.01. The summed E-state index contributed by atoms with van der Waals surface area (Å²) >= 11 is 5.25. The van der Waals surface area contributed by atoms with Gasteiger partial charge in [-0.1, -0.05) is 76.6 Å². The number of hydrogen-bond donors (Lipinski definition) is 0. The molecule has 0 amide bonds. The Morgan fingerprint density at radius 3 is 1.74 bits per heavy atom. The molecule has 0 saturated heterocycles. The summed E-state index contributed by atoms with van der Waals surface area (Å²) in [6.07, 6.45) is 0. The number of allylic oxidation sites excluding steroid dienone is 1. The van der Waals surface area contributed by atoms with Crippen LogP contribution in [0, 0.1) is 0 Å². The Balaban J connectivity index is 2.25. The fourth-order valence-corrected chi connectivity index (χ4v) is 5.69. The first-order valence-corrected chi connectivity index (χ1v) is 11.3. The average Bonchev–Trinajstić information content (AvgIpc) is 2.69. The van der Waals surface area contributed by atoms with Crippen LogP contribution in [-0.2, 0) is 9.84 Å². The summed E-state index contributed by atoms with van der Waals surface area (Å²) in [4.78, 5) is 13.1. The van der Waals surface area contributed by atoms with Crippen LogP contribution in [0.5, 0.6) is 0 Å². The van der Waals surface area contributed by atoms with E-state index in [9.17, 15) is 13.2 Å². The zero-order valence-corrected chi connectivity index (χ0v) is 18.5. The molecule has 0 N–H and O–H groups in total. The van der Waals surface area contributed by atoms with Crippen LogP contribution in [0.2, 0.25) is 0 Å². The van der Waals surface area contributed by atoms with Gasteiger partial charge in [0.1, 0.15) is 4.91 Å². The third kappa shape index (κ3) is 4.39. The zero-order chi connectivity index (χ0) is 19.4. The lowest BCUT2D eigenvalue weighted by Gasteiger charge is -2.12. The molecule has 3 nitrogen and oxygen atoms in total. The first kappa shape index (κ1) is 20.0. The quantitative estimate of drug-likeness (QED) is 0.225. The molecule has 0 aliphatic carbocycles. The molecule has 3 aromatic rings. The average molecular weight is 553 g/mol. The van der Waals surface area contributed by atoms with Crippen LogP contribution in [0.3, 0.4) is 0 Å². The number of ketones is 1. The lowest BCUT2D eigenvalue weighted by molar-refractivity contribution is 0.104. The number of carbonyl (C=O) groups excluding carboxylic acids is 1. The number of rotatable bonds is 5. The number of hydrogen-bond acceptors (Lipinski definition) is 3. The molecule has 0 atom stereocenters. The molecule has 0 aliphatic heterocycles. The van der Waals surface area contributed by atoms with Gasteiger partial charge >= 0.3 is 0 Å². The normalized spacial score (nSPS) is 12.4. The van der Waals surface area contributed by atoms with Crippen molar-refractivity contribution in [2.75, 3.05) is 0 Å². The topological polar surface area (TPSA) is 51.2 Å². The van der Waals surface area contributed by atoms with Crippen molar-refractivity contribution in [3.8, 4) is 0 Å². The maximum Gasteiger partial charge on any atom is 0.211 e. The first-order chi connectivity index (χ1) is 12.9. The molecule has 0 aromatic heterocycles. The van der Waals surface area contributed by atoms with E-state index < -0.39 is 15.6 Å². The number of Topliss-reactive ketones (excluding diaryl/α,β-unsaturated/α-hetero) is 1. The summed E-state index contributed by atoms with van der Waals surface area (Å²) in [7, 11) is -4.01. The molecule has 0 heterocycles. The van der Waals surface area contributed by atoms with Crippen LogP contribution >= 0.6 is 38.5 Å². The van der Waals surface area contributed by atoms with Gasteiger partial charge in [-0.3, -0.25) is 4.79 Å². The largest absolute Gasteiger partial charge is 0.288 e.